The maximum absolute atomic E-state index is 11.8. The van der Waals surface area contributed by atoms with E-state index in [1.54, 1.807) is 6.07 Å². The molecule has 1 amide bonds. The summed E-state index contributed by atoms with van der Waals surface area (Å²) in [5.74, 6) is 0.0174. The SMILES string of the molecule is CC(=O)N1N=C(c2ccccc2)O[C@@H]1c1ccc([N+](=O)[O-])s1. The van der Waals surface area contributed by atoms with Crippen molar-refractivity contribution in [2.75, 3.05) is 0 Å². The molecule has 3 rings (SSSR count). The van der Waals surface area contributed by atoms with Gasteiger partial charge in [-0.25, -0.2) is 0 Å². The van der Waals surface area contributed by atoms with Crippen molar-refractivity contribution in [1.82, 2.24) is 5.01 Å². The zero-order valence-electron chi connectivity index (χ0n) is 11.5. The van der Waals surface area contributed by atoms with Crippen LogP contribution >= 0.6 is 11.3 Å². The Morgan fingerprint density at radius 2 is 2.05 bits per heavy atom. The lowest BCUT2D eigenvalue weighted by atomic mass is 10.2. The van der Waals surface area contributed by atoms with Crippen LogP contribution in [0, 0.1) is 10.1 Å². The number of benzene rings is 1. The van der Waals surface area contributed by atoms with E-state index in [0.717, 1.165) is 16.9 Å². The van der Waals surface area contributed by atoms with Crippen LogP contribution in [-0.2, 0) is 9.53 Å². The van der Waals surface area contributed by atoms with Crippen LogP contribution in [0.2, 0.25) is 0 Å². The van der Waals surface area contributed by atoms with Gasteiger partial charge in [-0.1, -0.05) is 29.5 Å². The Labute approximate surface area is 129 Å². The zero-order chi connectivity index (χ0) is 15.7. The van der Waals surface area contributed by atoms with Crippen molar-refractivity contribution in [3.8, 4) is 0 Å². The van der Waals surface area contributed by atoms with Gasteiger partial charge in [-0.2, -0.15) is 5.01 Å². The average Bonchev–Trinajstić information content (AvgIpc) is 3.15. The van der Waals surface area contributed by atoms with Gasteiger partial charge < -0.3 is 4.74 Å². The first-order valence-corrected chi connectivity index (χ1v) is 7.22. The normalized spacial score (nSPS) is 17.0. The third-order valence-corrected chi connectivity index (χ3v) is 4.09. The Morgan fingerprint density at radius 1 is 1.32 bits per heavy atom. The third kappa shape index (κ3) is 2.56. The first kappa shape index (κ1) is 14.2. The van der Waals surface area contributed by atoms with Crippen LogP contribution in [0.3, 0.4) is 0 Å². The van der Waals surface area contributed by atoms with Crippen LogP contribution in [0.15, 0.2) is 47.6 Å². The van der Waals surface area contributed by atoms with Crippen molar-refractivity contribution < 1.29 is 14.5 Å². The van der Waals surface area contributed by atoms with Crippen LogP contribution in [0.5, 0.6) is 0 Å². The van der Waals surface area contributed by atoms with Crippen molar-refractivity contribution in [3.63, 3.8) is 0 Å². The predicted molar refractivity (Wildman–Crippen MR) is 80.3 cm³/mol. The summed E-state index contributed by atoms with van der Waals surface area (Å²) in [6.45, 7) is 1.37. The zero-order valence-corrected chi connectivity index (χ0v) is 12.3. The van der Waals surface area contributed by atoms with E-state index in [2.05, 4.69) is 5.10 Å². The van der Waals surface area contributed by atoms with E-state index in [4.69, 9.17) is 4.74 Å². The maximum atomic E-state index is 11.8. The molecule has 22 heavy (non-hydrogen) atoms. The molecule has 0 aliphatic carbocycles. The quantitative estimate of drug-likeness (QED) is 0.643. The lowest BCUT2D eigenvalue weighted by molar-refractivity contribution is -0.380. The molecule has 2 aromatic rings. The number of hydrogen-bond acceptors (Lipinski definition) is 6. The summed E-state index contributed by atoms with van der Waals surface area (Å²) >= 11 is 0.965. The molecule has 0 bridgehead atoms. The molecule has 1 aromatic carbocycles. The minimum absolute atomic E-state index is 0.00439. The molecular weight excluding hydrogens is 306 g/mol. The Kier molecular flexibility index (Phi) is 3.60. The summed E-state index contributed by atoms with van der Waals surface area (Å²) in [6.07, 6.45) is -0.772. The topological polar surface area (TPSA) is 85.0 Å². The van der Waals surface area contributed by atoms with Gasteiger partial charge in [0.25, 0.3) is 0 Å². The first-order valence-electron chi connectivity index (χ1n) is 6.41. The molecule has 112 valence electrons. The highest BCUT2D eigenvalue weighted by Crippen LogP contribution is 2.36. The van der Waals surface area contributed by atoms with Crippen molar-refractivity contribution in [3.05, 3.63) is 63.0 Å². The molecule has 1 aromatic heterocycles. The van der Waals surface area contributed by atoms with Crippen LogP contribution < -0.4 is 0 Å². The maximum Gasteiger partial charge on any atom is 0.324 e. The summed E-state index contributed by atoms with van der Waals surface area (Å²) in [6, 6.07) is 12.1. The molecule has 1 aliphatic rings. The summed E-state index contributed by atoms with van der Waals surface area (Å²) in [5, 5.41) is 16.2. The largest absolute Gasteiger partial charge is 0.445 e. The van der Waals surface area contributed by atoms with Gasteiger partial charge in [-0.05, 0) is 18.2 Å². The molecule has 0 radical (unpaired) electrons. The predicted octanol–water partition coefficient (Wildman–Crippen LogP) is 2.90. The molecule has 1 aliphatic heterocycles. The van der Waals surface area contributed by atoms with Gasteiger partial charge in [0.15, 0.2) is 0 Å². The second-order valence-corrected chi connectivity index (χ2v) is 5.63. The number of hydrazone groups is 1. The number of thiophene rings is 1. The second kappa shape index (κ2) is 5.57. The standard InChI is InChI=1S/C14H11N3O4S/c1-9(18)16-14(11-7-8-12(22-11)17(19)20)21-13(15-16)10-5-3-2-4-6-10/h2-8,14H,1H3/t14-/m1/s1. The second-order valence-electron chi connectivity index (χ2n) is 4.54. The average molecular weight is 317 g/mol. The number of nitro groups is 1. The molecule has 2 heterocycles. The molecule has 0 spiro atoms. The van der Waals surface area contributed by atoms with E-state index >= 15 is 0 Å². The van der Waals surface area contributed by atoms with Crippen LogP contribution in [-0.4, -0.2) is 21.7 Å². The van der Waals surface area contributed by atoms with Crippen LogP contribution in [0.25, 0.3) is 0 Å². The summed E-state index contributed by atoms with van der Waals surface area (Å²) in [4.78, 5) is 22.6. The van der Waals surface area contributed by atoms with Gasteiger partial charge in [0.05, 0.1) is 9.80 Å². The van der Waals surface area contributed by atoms with E-state index in [-0.39, 0.29) is 10.9 Å². The smallest absolute Gasteiger partial charge is 0.324 e. The lowest BCUT2D eigenvalue weighted by Gasteiger charge is -2.17. The molecule has 0 N–H and O–H groups in total. The van der Waals surface area contributed by atoms with E-state index in [1.165, 1.54) is 18.0 Å². The Bertz CT molecular complexity index is 756. The van der Waals surface area contributed by atoms with Gasteiger partial charge in [-0.15, -0.1) is 5.10 Å². The van der Waals surface area contributed by atoms with Crippen molar-refractivity contribution in [2.45, 2.75) is 13.2 Å². The lowest BCUT2D eigenvalue weighted by Crippen LogP contribution is -2.24. The monoisotopic (exact) mass is 317 g/mol. The Hall–Kier alpha value is -2.74. The number of amides is 1. The van der Waals surface area contributed by atoms with Crippen molar-refractivity contribution >= 4 is 28.1 Å². The molecule has 8 heteroatoms. The summed E-state index contributed by atoms with van der Waals surface area (Å²) < 4.78 is 5.74. The highest BCUT2D eigenvalue weighted by molar-refractivity contribution is 7.15. The van der Waals surface area contributed by atoms with E-state index in [1.807, 2.05) is 30.3 Å². The highest BCUT2D eigenvalue weighted by atomic mass is 32.1. The van der Waals surface area contributed by atoms with Gasteiger partial charge in [0, 0.05) is 18.6 Å². The molecule has 0 unspecified atom stereocenters. The molecule has 0 fully saturated rings. The fourth-order valence-electron chi connectivity index (χ4n) is 2.02. The van der Waals surface area contributed by atoms with Gasteiger partial charge >= 0.3 is 5.00 Å². The molecular formula is C14H11N3O4S. The fraction of sp³-hybridized carbons (Fsp3) is 0.143. The number of carbonyl (C=O) groups excluding carboxylic acids is 1. The molecule has 0 saturated heterocycles. The van der Waals surface area contributed by atoms with Gasteiger partial charge in [0.1, 0.15) is 0 Å². The fourth-order valence-corrected chi connectivity index (χ4v) is 2.86. The molecule has 7 nitrogen and oxygen atoms in total. The number of ether oxygens (including phenoxy) is 1. The van der Waals surface area contributed by atoms with Crippen molar-refractivity contribution in [2.24, 2.45) is 5.10 Å². The molecule has 1 atom stereocenters. The summed E-state index contributed by atoms with van der Waals surface area (Å²) in [7, 11) is 0. The summed E-state index contributed by atoms with van der Waals surface area (Å²) in [5.41, 5.74) is 0.738. The number of rotatable bonds is 3. The first-order chi connectivity index (χ1) is 10.6. The number of hydrogen-bond donors (Lipinski definition) is 0. The Balaban J connectivity index is 1.92. The minimum atomic E-state index is -0.772. The third-order valence-electron chi connectivity index (χ3n) is 3.02. The molecule has 0 saturated carbocycles. The Morgan fingerprint density at radius 3 is 2.64 bits per heavy atom. The van der Waals surface area contributed by atoms with Gasteiger partial charge in [-0.3, -0.25) is 14.9 Å². The van der Waals surface area contributed by atoms with Gasteiger partial charge in [0.2, 0.25) is 18.0 Å². The minimum Gasteiger partial charge on any atom is -0.445 e. The highest BCUT2D eigenvalue weighted by Gasteiger charge is 2.34. The van der Waals surface area contributed by atoms with E-state index in [9.17, 15) is 14.9 Å². The van der Waals surface area contributed by atoms with E-state index < -0.39 is 11.2 Å². The number of carbonyl (C=O) groups is 1. The van der Waals surface area contributed by atoms with Crippen LogP contribution in [0.4, 0.5) is 5.00 Å². The van der Waals surface area contributed by atoms with Crippen molar-refractivity contribution in [1.29, 1.82) is 0 Å². The van der Waals surface area contributed by atoms with E-state index in [0.29, 0.717) is 10.8 Å². The van der Waals surface area contributed by atoms with Crippen LogP contribution in [0.1, 0.15) is 23.6 Å². The number of nitrogens with zero attached hydrogens (tertiary/aromatic N) is 3.